The average Bonchev–Trinajstić information content (AvgIpc) is 2.86. The van der Waals surface area contributed by atoms with Gasteiger partial charge in [-0.05, 0) is 25.1 Å². The number of nitrogens with one attached hydrogen (secondary N) is 1. The number of hydrogen-bond donors (Lipinski definition) is 1. The fraction of sp³-hybridized carbons (Fsp3) is 0.261. The molecular weight excluding hydrogens is 525 g/mol. The number of ether oxygens (including phenoxy) is 1. The second kappa shape index (κ2) is 10.4. The van der Waals surface area contributed by atoms with Crippen LogP contribution in [0.4, 0.5) is 36.4 Å². The Morgan fingerprint density at radius 2 is 1.74 bits per heavy atom. The van der Waals surface area contributed by atoms with E-state index in [4.69, 9.17) is 4.74 Å². The number of rotatable bonds is 7. The Kier molecular flexibility index (Phi) is 7.62. The van der Waals surface area contributed by atoms with Gasteiger partial charge in [0.15, 0.2) is 5.69 Å². The molecule has 0 aliphatic carbocycles. The van der Waals surface area contributed by atoms with Crippen LogP contribution >= 0.6 is 0 Å². The molecule has 38 heavy (non-hydrogen) atoms. The monoisotopic (exact) mass is 540 g/mol. The molecule has 0 spiro atoms. The van der Waals surface area contributed by atoms with Crippen molar-refractivity contribution in [3.63, 3.8) is 0 Å². The number of aromatic nitrogens is 3. The smallest absolute Gasteiger partial charge is 0.449 e. The third kappa shape index (κ3) is 5.22. The number of anilines is 1. The van der Waals surface area contributed by atoms with E-state index in [-0.39, 0.29) is 22.4 Å². The first kappa shape index (κ1) is 27.9. The van der Waals surface area contributed by atoms with E-state index >= 15 is 0 Å². The highest BCUT2D eigenvalue weighted by Crippen LogP contribution is 2.46. The zero-order valence-corrected chi connectivity index (χ0v) is 19.4. The number of nitrogens with zero attached hydrogens (tertiary/aromatic N) is 5. The van der Waals surface area contributed by atoms with E-state index in [1.165, 1.54) is 19.3 Å². The van der Waals surface area contributed by atoms with Gasteiger partial charge in [0.2, 0.25) is 5.75 Å². The molecule has 0 unspecified atom stereocenters. The third-order valence-electron chi connectivity index (χ3n) is 5.30. The standard InChI is InChI=1S/C23H15F7N6O2/c1-11-13(6-31)3-12(20(24)25)5-17(11)38-18-19(22(26,27)23(28,29)30)35-10-36(21(18)37)9-15-4-14(7-32)16(33-2)8-34-15/h3-5,8,10,20,33H,9H2,1-2H3. The van der Waals surface area contributed by atoms with Gasteiger partial charge in [0, 0.05) is 18.2 Å². The Morgan fingerprint density at radius 3 is 2.29 bits per heavy atom. The summed E-state index contributed by atoms with van der Waals surface area (Å²) in [5.74, 6) is -7.99. The van der Waals surface area contributed by atoms with Crippen molar-refractivity contribution in [1.82, 2.24) is 14.5 Å². The minimum absolute atomic E-state index is 0.0355. The molecule has 0 atom stereocenters. The first-order valence-corrected chi connectivity index (χ1v) is 10.4. The van der Waals surface area contributed by atoms with Gasteiger partial charge in [-0.1, -0.05) is 0 Å². The van der Waals surface area contributed by atoms with Crippen molar-refractivity contribution in [3.8, 4) is 23.6 Å². The Bertz CT molecular complexity index is 1520. The summed E-state index contributed by atoms with van der Waals surface area (Å²) in [6.45, 7) is 0.633. The van der Waals surface area contributed by atoms with Crippen LogP contribution in [0.15, 0.2) is 35.5 Å². The van der Waals surface area contributed by atoms with Crippen LogP contribution < -0.4 is 15.6 Å². The van der Waals surface area contributed by atoms with Crippen LogP contribution in [0.5, 0.6) is 11.5 Å². The molecule has 3 aromatic rings. The highest BCUT2D eigenvalue weighted by atomic mass is 19.4. The van der Waals surface area contributed by atoms with Crippen molar-refractivity contribution in [2.45, 2.75) is 32.0 Å². The van der Waals surface area contributed by atoms with E-state index < -0.39 is 53.4 Å². The van der Waals surface area contributed by atoms with Crippen LogP contribution in [0.25, 0.3) is 0 Å². The molecule has 15 heteroatoms. The zero-order chi connectivity index (χ0) is 28.4. The van der Waals surface area contributed by atoms with Gasteiger partial charge in [-0.3, -0.25) is 14.3 Å². The van der Waals surface area contributed by atoms with Crippen molar-refractivity contribution < 1.29 is 35.5 Å². The Hall–Kier alpha value is -4.66. The lowest BCUT2D eigenvalue weighted by Gasteiger charge is -2.22. The van der Waals surface area contributed by atoms with Crippen LogP contribution in [-0.2, 0) is 12.5 Å². The molecule has 0 amide bonds. The first-order valence-electron chi connectivity index (χ1n) is 10.4. The number of alkyl halides is 7. The van der Waals surface area contributed by atoms with E-state index in [0.29, 0.717) is 22.6 Å². The minimum Gasteiger partial charge on any atom is -0.449 e. The zero-order valence-electron chi connectivity index (χ0n) is 19.4. The summed E-state index contributed by atoms with van der Waals surface area (Å²) in [4.78, 5) is 20.2. The molecule has 0 saturated heterocycles. The van der Waals surface area contributed by atoms with Gasteiger partial charge in [0.1, 0.15) is 11.8 Å². The highest BCUT2D eigenvalue weighted by Gasteiger charge is 2.62. The van der Waals surface area contributed by atoms with Gasteiger partial charge in [0.25, 0.3) is 12.0 Å². The van der Waals surface area contributed by atoms with Gasteiger partial charge in [-0.2, -0.15) is 32.5 Å². The predicted molar refractivity (Wildman–Crippen MR) is 117 cm³/mol. The lowest BCUT2D eigenvalue weighted by Crippen LogP contribution is -2.37. The summed E-state index contributed by atoms with van der Waals surface area (Å²) in [6.07, 6.45) is -7.71. The number of pyridine rings is 1. The van der Waals surface area contributed by atoms with Gasteiger partial charge >= 0.3 is 12.1 Å². The second-order valence-corrected chi connectivity index (χ2v) is 7.72. The molecule has 0 aliphatic rings. The van der Waals surface area contributed by atoms with E-state index in [1.807, 2.05) is 6.07 Å². The van der Waals surface area contributed by atoms with Crippen molar-refractivity contribution in [2.75, 3.05) is 12.4 Å². The lowest BCUT2D eigenvalue weighted by atomic mass is 10.0. The second-order valence-electron chi connectivity index (χ2n) is 7.72. The summed E-state index contributed by atoms with van der Waals surface area (Å²) in [6, 6.07) is 6.09. The molecule has 0 radical (unpaired) electrons. The molecule has 1 N–H and O–H groups in total. The van der Waals surface area contributed by atoms with Crippen molar-refractivity contribution in [2.24, 2.45) is 0 Å². The van der Waals surface area contributed by atoms with Crippen LogP contribution in [0, 0.1) is 29.6 Å². The lowest BCUT2D eigenvalue weighted by molar-refractivity contribution is -0.291. The van der Waals surface area contributed by atoms with Crippen molar-refractivity contribution in [1.29, 1.82) is 10.5 Å². The van der Waals surface area contributed by atoms with Crippen LogP contribution in [0.2, 0.25) is 0 Å². The molecule has 3 rings (SSSR count). The summed E-state index contributed by atoms with van der Waals surface area (Å²) in [5, 5.41) is 21.2. The first-order chi connectivity index (χ1) is 17.7. The quantitative estimate of drug-likeness (QED) is 0.412. The Balaban J connectivity index is 2.23. The van der Waals surface area contributed by atoms with E-state index in [1.54, 1.807) is 6.07 Å². The van der Waals surface area contributed by atoms with Gasteiger partial charge < -0.3 is 10.1 Å². The maximum Gasteiger partial charge on any atom is 0.459 e. The minimum atomic E-state index is -6.19. The van der Waals surface area contributed by atoms with E-state index in [2.05, 4.69) is 15.3 Å². The molecule has 2 heterocycles. The fourth-order valence-corrected chi connectivity index (χ4v) is 3.25. The summed E-state index contributed by atoms with van der Waals surface area (Å²) in [7, 11) is 1.51. The molecular formula is C23H15F7N6O2. The summed E-state index contributed by atoms with van der Waals surface area (Å²) < 4.78 is 101. The molecule has 0 fully saturated rings. The van der Waals surface area contributed by atoms with E-state index in [0.717, 1.165) is 13.0 Å². The van der Waals surface area contributed by atoms with Crippen LogP contribution in [0.1, 0.15) is 40.1 Å². The van der Waals surface area contributed by atoms with E-state index in [9.17, 15) is 46.1 Å². The molecule has 198 valence electrons. The summed E-state index contributed by atoms with van der Waals surface area (Å²) >= 11 is 0. The highest BCUT2D eigenvalue weighted by molar-refractivity contribution is 5.56. The molecule has 8 nitrogen and oxygen atoms in total. The number of hydrogen-bond acceptors (Lipinski definition) is 7. The summed E-state index contributed by atoms with van der Waals surface area (Å²) in [5.41, 5.74) is -4.56. The SMILES string of the molecule is CNc1cnc(Cn2cnc(C(F)(F)C(F)(F)F)c(Oc3cc(C(F)F)cc(C#N)c3C)c2=O)cc1C#N. The predicted octanol–water partition coefficient (Wildman–Crippen LogP) is 5.16. The number of halogens is 7. The van der Waals surface area contributed by atoms with Crippen molar-refractivity contribution >= 4 is 5.69 Å². The van der Waals surface area contributed by atoms with Gasteiger partial charge in [0.05, 0.1) is 47.6 Å². The molecule has 1 aromatic carbocycles. The molecule has 2 aromatic heterocycles. The van der Waals surface area contributed by atoms with Gasteiger partial charge in [-0.25, -0.2) is 13.8 Å². The number of nitriles is 2. The van der Waals surface area contributed by atoms with Crippen LogP contribution in [-0.4, -0.2) is 27.8 Å². The molecule has 0 bridgehead atoms. The van der Waals surface area contributed by atoms with Gasteiger partial charge in [-0.15, -0.1) is 0 Å². The normalized spacial score (nSPS) is 11.7. The maximum absolute atomic E-state index is 14.4. The maximum atomic E-state index is 14.4. The Morgan fingerprint density at radius 1 is 1.08 bits per heavy atom. The molecule has 0 aliphatic heterocycles. The number of benzene rings is 1. The van der Waals surface area contributed by atoms with Crippen LogP contribution in [0.3, 0.4) is 0 Å². The fourth-order valence-electron chi connectivity index (χ4n) is 3.25. The largest absolute Gasteiger partial charge is 0.459 e. The van der Waals surface area contributed by atoms with Crippen molar-refractivity contribution in [3.05, 3.63) is 74.7 Å². The average molecular weight is 540 g/mol. The topological polar surface area (TPSA) is 117 Å². The Labute approximate surface area is 209 Å². The molecule has 0 saturated carbocycles. The third-order valence-corrected chi connectivity index (χ3v) is 5.30.